The number of aromatic nitrogens is 1. The molecule has 1 heterocycles. The van der Waals surface area contributed by atoms with Crippen LogP contribution in [0.4, 0.5) is 0 Å². The van der Waals surface area contributed by atoms with Crippen LogP contribution in [0.25, 0.3) is 10.6 Å². The minimum atomic E-state index is 0.0990. The van der Waals surface area contributed by atoms with Crippen molar-refractivity contribution in [1.82, 2.24) is 15.2 Å². The Kier molecular flexibility index (Phi) is 5.48. The van der Waals surface area contributed by atoms with Crippen LogP contribution in [0.5, 0.6) is 5.75 Å². The van der Waals surface area contributed by atoms with E-state index in [1.54, 1.807) is 11.3 Å². The van der Waals surface area contributed by atoms with Gasteiger partial charge in [0.05, 0.1) is 18.8 Å². The topological polar surface area (TPSA) is 54.5 Å². The third kappa shape index (κ3) is 4.79. The molecule has 0 bridgehead atoms. The molecule has 128 valence electrons. The first-order valence-corrected chi connectivity index (χ1v) is 9.17. The molecule has 1 aliphatic carbocycles. The summed E-state index contributed by atoms with van der Waals surface area (Å²) in [5.41, 5.74) is 2.08. The molecule has 1 N–H and O–H groups in total. The monoisotopic (exact) mass is 345 g/mol. The zero-order valence-electron chi connectivity index (χ0n) is 14.1. The minimum Gasteiger partial charge on any atom is -0.494 e. The van der Waals surface area contributed by atoms with Crippen molar-refractivity contribution in [1.29, 1.82) is 0 Å². The molecular weight excluding hydrogens is 322 g/mol. The molecule has 24 heavy (non-hydrogen) atoms. The molecule has 1 fully saturated rings. The van der Waals surface area contributed by atoms with Crippen LogP contribution in [0.15, 0.2) is 29.6 Å². The van der Waals surface area contributed by atoms with E-state index in [9.17, 15) is 4.79 Å². The first-order chi connectivity index (χ1) is 11.6. The number of carbonyl (C=O) groups is 1. The van der Waals surface area contributed by atoms with Gasteiger partial charge in [-0.15, -0.1) is 11.3 Å². The predicted octanol–water partition coefficient (Wildman–Crippen LogP) is 2.92. The van der Waals surface area contributed by atoms with Gasteiger partial charge in [-0.2, -0.15) is 0 Å². The number of thiazole rings is 1. The maximum absolute atomic E-state index is 11.8. The highest BCUT2D eigenvalue weighted by molar-refractivity contribution is 7.13. The second-order valence-electron chi connectivity index (χ2n) is 6.12. The number of carbonyl (C=O) groups excluding carboxylic acids is 1. The van der Waals surface area contributed by atoms with Crippen molar-refractivity contribution in [2.75, 3.05) is 20.2 Å². The van der Waals surface area contributed by atoms with Gasteiger partial charge < -0.3 is 10.1 Å². The van der Waals surface area contributed by atoms with Crippen LogP contribution in [0.3, 0.4) is 0 Å². The fourth-order valence-corrected chi connectivity index (χ4v) is 3.27. The molecular formula is C18H23N3O2S. The Morgan fingerprint density at radius 3 is 2.79 bits per heavy atom. The van der Waals surface area contributed by atoms with Gasteiger partial charge in [-0.05, 0) is 51.1 Å². The number of nitrogens with one attached hydrogen (secondary N) is 1. The maximum atomic E-state index is 11.8. The van der Waals surface area contributed by atoms with Gasteiger partial charge in [0, 0.05) is 23.5 Å². The van der Waals surface area contributed by atoms with Crippen LogP contribution in [-0.4, -0.2) is 42.0 Å². The van der Waals surface area contributed by atoms with Gasteiger partial charge in [0.25, 0.3) is 0 Å². The van der Waals surface area contributed by atoms with E-state index in [-0.39, 0.29) is 5.91 Å². The Morgan fingerprint density at radius 1 is 1.38 bits per heavy atom. The van der Waals surface area contributed by atoms with Crippen LogP contribution >= 0.6 is 11.3 Å². The van der Waals surface area contributed by atoms with Gasteiger partial charge in [-0.1, -0.05) is 0 Å². The molecule has 1 aliphatic rings. The lowest BCUT2D eigenvalue weighted by Gasteiger charge is -2.14. The molecule has 3 rings (SSSR count). The van der Waals surface area contributed by atoms with Crippen LogP contribution < -0.4 is 10.1 Å². The minimum absolute atomic E-state index is 0.0990. The van der Waals surface area contributed by atoms with E-state index in [0.29, 0.717) is 25.7 Å². The normalized spacial score (nSPS) is 14.0. The Balaban J connectivity index is 1.55. The summed E-state index contributed by atoms with van der Waals surface area (Å²) < 4.78 is 5.46. The van der Waals surface area contributed by atoms with Crippen LogP contribution in [-0.2, 0) is 11.3 Å². The lowest BCUT2D eigenvalue weighted by atomic mass is 10.2. The standard InChI is InChI=1S/C18H23N3O2S/c1-3-23-16-8-4-13(5-9-16)18-20-15(12-24-18)10-21(2)11-17(22)19-14-6-7-14/h4-5,8-9,12,14H,3,6-7,10-11H2,1-2H3,(H,19,22). The molecule has 1 amide bonds. The highest BCUT2D eigenvalue weighted by atomic mass is 32.1. The van der Waals surface area contributed by atoms with E-state index in [1.807, 2.05) is 43.1 Å². The zero-order chi connectivity index (χ0) is 16.9. The molecule has 2 aromatic rings. The van der Waals surface area contributed by atoms with Crippen molar-refractivity contribution >= 4 is 17.2 Å². The number of ether oxygens (including phenoxy) is 1. The van der Waals surface area contributed by atoms with Gasteiger partial charge in [0.1, 0.15) is 10.8 Å². The van der Waals surface area contributed by atoms with Gasteiger partial charge in [-0.25, -0.2) is 4.98 Å². The lowest BCUT2D eigenvalue weighted by molar-refractivity contribution is -0.122. The van der Waals surface area contributed by atoms with Crippen LogP contribution in [0, 0.1) is 0 Å². The van der Waals surface area contributed by atoms with E-state index in [4.69, 9.17) is 4.74 Å². The first-order valence-electron chi connectivity index (χ1n) is 8.29. The zero-order valence-corrected chi connectivity index (χ0v) is 14.9. The molecule has 0 aliphatic heterocycles. The van der Waals surface area contributed by atoms with E-state index >= 15 is 0 Å². The van der Waals surface area contributed by atoms with Crippen molar-refractivity contribution in [2.45, 2.75) is 32.4 Å². The van der Waals surface area contributed by atoms with E-state index in [1.165, 1.54) is 0 Å². The maximum Gasteiger partial charge on any atom is 0.234 e. The van der Waals surface area contributed by atoms with Crippen molar-refractivity contribution in [3.63, 3.8) is 0 Å². The number of rotatable bonds is 8. The smallest absolute Gasteiger partial charge is 0.234 e. The van der Waals surface area contributed by atoms with E-state index < -0.39 is 0 Å². The summed E-state index contributed by atoms with van der Waals surface area (Å²) in [7, 11) is 1.95. The number of nitrogens with zero attached hydrogens (tertiary/aromatic N) is 2. The third-order valence-corrected chi connectivity index (χ3v) is 4.69. The summed E-state index contributed by atoms with van der Waals surface area (Å²) in [4.78, 5) is 18.5. The molecule has 5 nitrogen and oxygen atoms in total. The fourth-order valence-electron chi connectivity index (χ4n) is 2.45. The quantitative estimate of drug-likeness (QED) is 0.799. The van der Waals surface area contributed by atoms with Gasteiger partial charge in [0.2, 0.25) is 5.91 Å². The van der Waals surface area contributed by atoms with E-state index in [0.717, 1.165) is 34.9 Å². The molecule has 0 unspecified atom stereocenters. The van der Waals surface area contributed by atoms with Crippen molar-refractivity contribution in [3.05, 3.63) is 35.3 Å². The largest absolute Gasteiger partial charge is 0.494 e. The second kappa shape index (κ2) is 7.77. The van der Waals surface area contributed by atoms with Crippen LogP contribution in [0.2, 0.25) is 0 Å². The summed E-state index contributed by atoms with van der Waals surface area (Å²) in [6.07, 6.45) is 2.24. The summed E-state index contributed by atoms with van der Waals surface area (Å²) in [5.74, 6) is 0.974. The molecule has 1 aromatic heterocycles. The van der Waals surface area contributed by atoms with Crippen molar-refractivity contribution in [2.24, 2.45) is 0 Å². The van der Waals surface area contributed by atoms with Gasteiger partial charge in [0.15, 0.2) is 0 Å². The first kappa shape index (κ1) is 16.9. The third-order valence-electron chi connectivity index (χ3n) is 3.75. The van der Waals surface area contributed by atoms with Crippen molar-refractivity contribution in [3.8, 4) is 16.3 Å². The lowest BCUT2D eigenvalue weighted by Crippen LogP contribution is -2.35. The summed E-state index contributed by atoms with van der Waals surface area (Å²) in [6, 6.07) is 8.40. The highest BCUT2D eigenvalue weighted by Gasteiger charge is 2.23. The average Bonchev–Trinajstić information content (AvgIpc) is 3.24. The predicted molar refractivity (Wildman–Crippen MR) is 96.2 cm³/mol. The SMILES string of the molecule is CCOc1ccc(-c2nc(CN(C)CC(=O)NC3CC3)cs2)cc1. The molecule has 0 radical (unpaired) electrons. The van der Waals surface area contributed by atoms with Gasteiger partial charge >= 0.3 is 0 Å². The summed E-state index contributed by atoms with van der Waals surface area (Å²) in [6.45, 7) is 3.72. The number of benzene rings is 1. The fraction of sp³-hybridized carbons (Fsp3) is 0.444. The highest BCUT2D eigenvalue weighted by Crippen LogP contribution is 2.26. The number of likely N-dealkylation sites (N-methyl/N-ethyl adjacent to an activating group) is 1. The number of hydrogen-bond acceptors (Lipinski definition) is 5. The number of hydrogen-bond donors (Lipinski definition) is 1. The molecule has 1 aromatic carbocycles. The van der Waals surface area contributed by atoms with Gasteiger partial charge in [-0.3, -0.25) is 9.69 Å². The Labute approximate surface area is 146 Å². The van der Waals surface area contributed by atoms with E-state index in [2.05, 4.69) is 15.7 Å². The average molecular weight is 345 g/mol. The second-order valence-corrected chi connectivity index (χ2v) is 6.97. The molecule has 0 spiro atoms. The summed E-state index contributed by atoms with van der Waals surface area (Å²) in [5, 5.41) is 6.05. The number of amides is 1. The Bertz CT molecular complexity index is 680. The van der Waals surface area contributed by atoms with Crippen LogP contribution in [0.1, 0.15) is 25.5 Å². The van der Waals surface area contributed by atoms with Crippen molar-refractivity contribution < 1.29 is 9.53 Å². The summed E-state index contributed by atoms with van der Waals surface area (Å²) >= 11 is 1.62. The molecule has 0 atom stereocenters. The Hall–Kier alpha value is -1.92. The molecule has 0 saturated heterocycles. The molecule has 1 saturated carbocycles. The molecule has 6 heteroatoms. The Morgan fingerprint density at radius 2 is 2.12 bits per heavy atom.